The molecule has 0 amide bonds. The summed E-state index contributed by atoms with van der Waals surface area (Å²) in [5, 5.41) is 14.8. The highest BCUT2D eigenvalue weighted by molar-refractivity contribution is 7.25. The first-order valence-electron chi connectivity index (χ1n) is 20.6. The number of hydrogen-bond donors (Lipinski definition) is 0. The molecule has 0 spiro atoms. The summed E-state index contributed by atoms with van der Waals surface area (Å²) in [5.74, 6) is 0. The van der Waals surface area contributed by atoms with Crippen molar-refractivity contribution in [2.75, 3.05) is 0 Å². The molecule has 0 aliphatic heterocycles. The molecule has 0 bridgehead atoms. The number of hydrogen-bond acceptors (Lipinski definition) is 2. The fraction of sp³-hybridized carbons (Fsp3) is 0. The van der Waals surface area contributed by atoms with Gasteiger partial charge in [0.25, 0.3) is 0 Å². The summed E-state index contributed by atoms with van der Waals surface area (Å²) in [6, 6.07) is 75.6. The zero-order valence-corrected chi connectivity index (χ0v) is 33.3. The van der Waals surface area contributed by atoms with Crippen LogP contribution in [0, 0.1) is 0 Å². The van der Waals surface area contributed by atoms with E-state index in [4.69, 9.17) is 4.42 Å². The molecule has 0 unspecified atom stereocenters. The first kappa shape index (κ1) is 33.5. The smallest absolute Gasteiger partial charge is 0.136 e. The quantitative estimate of drug-likeness (QED) is 0.162. The Morgan fingerprint density at radius 3 is 1.18 bits per heavy atom. The molecule has 2 aromatic heterocycles. The second kappa shape index (κ2) is 13.0. The number of benzene rings is 11. The zero-order chi connectivity index (χ0) is 39.3. The molecular weight excluding hydrogens is 745 g/mol. The molecular formula is C58H34OS. The van der Waals surface area contributed by atoms with Gasteiger partial charge in [-0.1, -0.05) is 170 Å². The van der Waals surface area contributed by atoms with Gasteiger partial charge in [-0.05, 0) is 124 Å². The van der Waals surface area contributed by atoms with E-state index in [1.807, 2.05) is 11.3 Å². The number of furan rings is 1. The topological polar surface area (TPSA) is 13.1 Å². The normalized spacial score (nSPS) is 12.0. The predicted octanol–water partition coefficient (Wildman–Crippen LogP) is 17.2. The average Bonchev–Trinajstić information content (AvgIpc) is 3.87. The third-order valence-electron chi connectivity index (χ3n) is 12.6. The lowest BCUT2D eigenvalue weighted by Crippen LogP contribution is -1.90. The Morgan fingerprint density at radius 1 is 0.233 bits per heavy atom. The summed E-state index contributed by atoms with van der Waals surface area (Å²) in [4.78, 5) is 0. The highest BCUT2D eigenvalue weighted by atomic mass is 32.1. The van der Waals surface area contributed by atoms with Gasteiger partial charge in [-0.2, -0.15) is 0 Å². The molecule has 0 fully saturated rings. The van der Waals surface area contributed by atoms with E-state index < -0.39 is 0 Å². The highest BCUT2D eigenvalue weighted by Gasteiger charge is 2.21. The van der Waals surface area contributed by atoms with Crippen molar-refractivity contribution in [3.8, 4) is 44.5 Å². The van der Waals surface area contributed by atoms with Crippen LogP contribution in [0.3, 0.4) is 0 Å². The molecule has 0 radical (unpaired) electrons. The first-order chi connectivity index (χ1) is 29.8. The fourth-order valence-electron chi connectivity index (χ4n) is 10.1. The molecule has 11 aromatic carbocycles. The van der Waals surface area contributed by atoms with Gasteiger partial charge in [0.2, 0.25) is 0 Å². The lowest BCUT2D eigenvalue weighted by Gasteiger charge is -2.18. The van der Waals surface area contributed by atoms with E-state index in [9.17, 15) is 0 Å². The van der Waals surface area contributed by atoms with E-state index in [0.717, 1.165) is 27.5 Å². The van der Waals surface area contributed by atoms with Crippen LogP contribution >= 0.6 is 11.3 Å². The van der Waals surface area contributed by atoms with Gasteiger partial charge in [-0.3, -0.25) is 0 Å². The fourth-order valence-corrected chi connectivity index (χ4v) is 11.2. The van der Waals surface area contributed by atoms with Crippen molar-refractivity contribution >= 4 is 96.5 Å². The van der Waals surface area contributed by atoms with Crippen molar-refractivity contribution in [1.29, 1.82) is 0 Å². The van der Waals surface area contributed by atoms with Gasteiger partial charge in [-0.25, -0.2) is 0 Å². The molecule has 2 heterocycles. The van der Waals surface area contributed by atoms with Crippen LogP contribution < -0.4 is 0 Å². The van der Waals surface area contributed by atoms with Crippen molar-refractivity contribution in [2.45, 2.75) is 0 Å². The number of fused-ring (bicyclic) bond motifs is 10. The number of thiophene rings is 1. The van der Waals surface area contributed by atoms with Crippen molar-refractivity contribution in [1.82, 2.24) is 0 Å². The molecule has 1 nitrogen and oxygen atoms in total. The minimum atomic E-state index is 0.890. The largest absolute Gasteiger partial charge is 0.456 e. The van der Waals surface area contributed by atoms with Gasteiger partial charge < -0.3 is 4.42 Å². The van der Waals surface area contributed by atoms with Crippen LogP contribution in [-0.2, 0) is 0 Å². The summed E-state index contributed by atoms with van der Waals surface area (Å²) in [6.45, 7) is 0. The van der Waals surface area contributed by atoms with Crippen molar-refractivity contribution in [2.24, 2.45) is 0 Å². The Hall–Kier alpha value is -7.52. The van der Waals surface area contributed by atoms with Gasteiger partial charge in [0.1, 0.15) is 11.2 Å². The standard InChI is InChI=1S/C58H34OS/c1-2-14-35(15-3-1)55-42-17-4-6-19-44(42)56(45-20-7-5-18-43(45)55)36-28-31-51-50(32-36)39-29-26-37(33-52(39)59-51)57-46-21-8-10-23-48(46)58(49-24-11-9-22-47(49)57)38-27-30-41-40-16-12-13-25-53(40)60-54(41)34-38/h1-34H. The monoisotopic (exact) mass is 778 g/mol. The Balaban J connectivity index is 0.994. The third-order valence-corrected chi connectivity index (χ3v) is 13.8. The van der Waals surface area contributed by atoms with E-state index >= 15 is 0 Å². The van der Waals surface area contributed by atoms with Crippen molar-refractivity contribution in [3.63, 3.8) is 0 Å². The van der Waals surface area contributed by atoms with Gasteiger partial charge in [-0.15, -0.1) is 11.3 Å². The van der Waals surface area contributed by atoms with Crippen LogP contribution in [0.15, 0.2) is 211 Å². The van der Waals surface area contributed by atoms with Crippen LogP contribution in [-0.4, -0.2) is 0 Å². The third kappa shape index (κ3) is 4.92. The minimum Gasteiger partial charge on any atom is -0.456 e. The molecule has 0 saturated heterocycles. The zero-order valence-electron chi connectivity index (χ0n) is 32.4. The second-order valence-corrected chi connectivity index (χ2v) is 17.0. The van der Waals surface area contributed by atoms with E-state index in [2.05, 4.69) is 206 Å². The molecule has 0 N–H and O–H groups in total. The molecule has 0 aliphatic carbocycles. The Kier molecular flexibility index (Phi) is 7.24. The molecule has 13 rings (SSSR count). The van der Waals surface area contributed by atoms with Gasteiger partial charge >= 0.3 is 0 Å². The van der Waals surface area contributed by atoms with E-state index in [0.29, 0.717) is 0 Å². The van der Waals surface area contributed by atoms with Crippen LogP contribution in [0.1, 0.15) is 0 Å². The Bertz CT molecular complexity index is 3770. The van der Waals surface area contributed by atoms with Gasteiger partial charge in [0, 0.05) is 30.9 Å². The molecule has 0 atom stereocenters. The first-order valence-corrected chi connectivity index (χ1v) is 21.4. The molecule has 0 saturated carbocycles. The van der Waals surface area contributed by atoms with Crippen LogP contribution in [0.2, 0.25) is 0 Å². The van der Waals surface area contributed by atoms with Gasteiger partial charge in [0.15, 0.2) is 0 Å². The Morgan fingerprint density at radius 2 is 0.633 bits per heavy atom. The summed E-state index contributed by atoms with van der Waals surface area (Å²) in [7, 11) is 0. The highest BCUT2D eigenvalue weighted by Crippen LogP contribution is 2.48. The van der Waals surface area contributed by atoms with Crippen molar-refractivity contribution in [3.05, 3.63) is 206 Å². The SMILES string of the molecule is c1ccc(-c2c3ccccc3c(-c3ccc4oc5cc(-c6c7ccccc7c(-c7ccc8c(c7)sc7ccccc78)c7ccccc67)ccc5c4c3)c3ccccc23)cc1. The molecule has 60 heavy (non-hydrogen) atoms. The summed E-state index contributed by atoms with van der Waals surface area (Å²) in [5.41, 5.74) is 11.6. The maximum absolute atomic E-state index is 6.74. The Labute approximate surface area is 350 Å². The molecule has 278 valence electrons. The van der Waals surface area contributed by atoms with Crippen LogP contribution in [0.4, 0.5) is 0 Å². The summed E-state index contributed by atoms with van der Waals surface area (Å²) < 4.78 is 9.38. The summed E-state index contributed by atoms with van der Waals surface area (Å²) in [6.07, 6.45) is 0. The maximum Gasteiger partial charge on any atom is 0.136 e. The van der Waals surface area contributed by atoms with E-state index in [1.165, 1.54) is 102 Å². The lowest BCUT2D eigenvalue weighted by molar-refractivity contribution is 0.669. The molecule has 0 aliphatic rings. The van der Waals surface area contributed by atoms with Gasteiger partial charge in [0.05, 0.1) is 0 Å². The lowest BCUT2D eigenvalue weighted by atomic mass is 9.85. The predicted molar refractivity (Wildman–Crippen MR) is 258 cm³/mol. The average molecular weight is 779 g/mol. The second-order valence-electron chi connectivity index (χ2n) is 15.9. The van der Waals surface area contributed by atoms with Crippen LogP contribution in [0.25, 0.3) is 130 Å². The molecule has 13 aromatic rings. The number of rotatable bonds is 4. The summed E-state index contributed by atoms with van der Waals surface area (Å²) >= 11 is 1.87. The van der Waals surface area contributed by atoms with E-state index in [1.54, 1.807) is 0 Å². The van der Waals surface area contributed by atoms with E-state index in [-0.39, 0.29) is 0 Å². The minimum absolute atomic E-state index is 0.890. The maximum atomic E-state index is 6.74. The van der Waals surface area contributed by atoms with Crippen LogP contribution in [0.5, 0.6) is 0 Å². The van der Waals surface area contributed by atoms with Crippen molar-refractivity contribution < 1.29 is 4.42 Å². The molecule has 2 heteroatoms.